The van der Waals surface area contributed by atoms with Gasteiger partial charge in [0.15, 0.2) is 0 Å². The molecule has 3 rings (SSSR count). The third-order valence-electron chi connectivity index (χ3n) is 3.79. The standard InChI is InChI=1S/C20H20N2O3/c1-12(2)11-25-20(24)14-5-7-15(8-6-14)21-18-16-10-13(3)4-9-17(16)22-19(18)23/h4-10,12H,11H2,1-3H3,(H,21,22,23). The summed E-state index contributed by atoms with van der Waals surface area (Å²) in [5.74, 6) is -0.285. The number of aryl methyl sites for hydroxylation is 1. The van der Waals surface area contributed by atoms with E-state index in [0.717, 1.165) is 16.8 Å². The van der Waals surface area contributed by atoms with Gasteiger partial charge in [0.05, 0.1) is 23.5 Å². The van der Waals surface area contributed by atoms with Crippen molar-refractivity contribution < 1.29 is 14.3 Å². The van der Waals surface area contributed by atoms with E-state index in [1.54, 1.807) is 24.3 Å². The second-order valence-corrected chi connectivity index (χ2v) is 6.50. The highest BCUT2D eigenvalue weighted by Gasteiger charge is 2.25. The van der Waals surface area contributed by atoms with Crippen LogP contribution in [0.4, 0.5) is 11.4 Å². The van der Waals surface area contributed by atoms with Gasteiger partial charge in [-0.3, -0.25) is 4.79 Å². The normalized spacial score (nSPS) is 14.6. The van der Waals surface area contributed by atoms with Crippen molar-refractivity contribution in [1.82, 2.24) is 0 Å². The fraction of sp³-hybridized carbons (Fsp3) is 0.250. The summed E-state index contributed by atoms with van der Waals surface area (Å²) in [6.07, 6.45) is 0. The van der Waals surface area contributed by atoms with Crippen molar-refractivity contribution in [3.63, 3.8) is 0 Å². The topological polar surface area (TPSA) is 67.8 Å². The Kier molecular flexibility index (Phi) is 4.65. The highest BCUT2D eigenvalue weighted by atomic mass is 16.5. The minimum atomic E-state index is -0.354. The van der Waals surface area contributed by atoms with E-state index in [4.69, 9.17) is 4.74 Å². The molecule has 25 heavy (non-hydrogen) atoms. The minimum absolute atomic E-state index is 0.221. The third kappa shape index (κ3) is 3.76. The first-order chi connectivity index (χ1) is 11.9. The van der Waals surface area contributed by atoms with Crippen molar-refractivity contribution in [2.75, 3.05) is 11.9 Å². The predicted molar refractivity (Wildman–Crippen MR) is 97.6 cm³/mol. The number of carbonyl (C=O) groups excluding carboxylic acids is 2. The van der Waals surface area contributed by atoms with E-state index in [2.05, 4.69) is 10.3 Å². The predicted octanol–water partition coefficient (Wildman–Crippen LogP) is 3.88. The van der Waals surface area contributed by atoms with Crippen molar-refractivity contribution in [3.05, 3.63) is 59.2 Å². The first kappa shape index (κ1) is 16.9. The first-order valence-corrected chi connectivity index (χ1v) is 8.22. The van der Waals surface area contributed by atoms with Crippen LogP contribution in [0.15, 0.2) is 47.5 Å². The molecule has 0 fully saturated rings. The van der Waals surface area contributed by atoms with Crippen LogP contribution in [0.1, 0.15) is 35.3 Å². The van der Waals surface area contributed by atoms with Crippen LogP contribution in [0.2, 0.25) is 0 Å². The second-order valence-electron chi connectivity index (χ2n) is 6.50. The van der Waals surface area contributed by atoms with Crippen LogP contribution in [-0.4, -0.2) is 24.2 Å². The molecule has 2 aromatic rings. The maximum absolute atomic E-state index is 12.2. The number of nitrogens with zero attached hydrogens (tertiary/aromatic N) is 1. The molecule has 1 N–H and O–H groups in total. The quantitative estimate of drug-likeness (QED) is 0.862. The summed E-state index contributed by atoms with van der Waals surface area (Å²) in [5, 5.41) is 2.81. The molecule has 0 aromatic heterocycles. The number of hydrogen-bond acceptors (Lipinski definition) is 4. The third-order valence-corrected chi connectivity index (χ3v) is 3.79. The highest BCUT2D eigenvalue weighted by molar-refractivity contribution is 6.54. The number of ether oxygens (including phenoxy) is 1. The van der Waals surface area contributed by atoms with Gasteiger partial charge in [0, 0.05) is 5.56 Å². The number of benzene rings is 2. The molecule has 1 aliphatic heterocycles. The summed E-state index contributed by atoms with van der Waals surface area (Å²) in [5.41, 5.74) is 4.09. The number of fused-ring (bicyclic) bond motifs is 1. The van der Waals surface area contributed by atoms with Crippen molar-refractivity contribution in [3.8, 4) is 0 Å². The van der Waals surface area contributed by atoms with Gasteiger partial charge < -0.3 is 10.1 Å². The molecule has 1 amide bonds. The van der Waals surface area contributed by atoms with Gasteiger partial charge in [-0.2, -0.15) is 0 Å². The molecule has 128 valence electrons. The van der Waals surface area contributed by atoms with Gasteiger partial charge >= 0.3 is 5.97 Å². The summed E-state index contributed by atoms with van der Waals surface area (Å²) in [7, 11) is 0. The lowest BCUT2D eigenvalue weighted by Crippen LogP contribution is -2.14. The summed E-state index contributed by atoms with van der Waals surface area (Å²) in [6.45, 7) is 6.33. The van der Waals surface area contributed by atoms with Crippen molar-refractivity contribution in [2.24, 2.45) is 10.9 Å². The number of nitrogens with one attached hydrogen (secondary N) is 1. The van der Waals surface area contributed by atoms with E-state index < -0.39 is 0 Å². The molecular weight excluding hydrogens is 316 g/mol. The van der Waals surface area contributed by atoms with Crippen molar-refractivity contribution in [1.29, 1.82) is 0 Å². The van der Waals surface area contributed by atoms with Crippen molar-refractivity contribution >= 4 is 29.0 Å². The summed E-state index contributed by atoms with van der Waals surface area (Å²) in [6, 6.07) is 12.5. The number of amides is 1. The van der Waals surface area contributed by atoms with Crippen LogP contribution < -0.4 is 5.32 Å². The van der Waals surface area contributed by atoms with Crippen LogP contribution in [0, 0.1) is 12.8 Å². The lowest BCUT2D eigenvalue weighted by Gasteiger charge is -2.07. The smallest absolute Gasteiger partial charge is 0.338 e. The molecule has 5 nitrogen and oxygen atoms in total. The maximum Gasteiger partial charge on any atom is 0.338 e. The Hall–Kier alpha value is -2.95. The average Bonchev–Trinajstić information content (AvgIpc) is 2.88. The molecule has 0 bridgehead atoms. The Morgan fingerprint density at radius 1 is 1.16 bits per heavy atom. The molecule has 2 aromatic carbocycles. The van der Waals surface area contributed by atoms with Crippen molar-refractivity contribution in [2.45, 2.75) is 20.8 Å². The maximum atomic E-state index is 12.2. The molecule has 0 spiro atoms. The van der Waals surface area contributed by atoms with Crippen LogP contribution in [0.3, 0.4) is 0 Å². The highest BCUT2D eigenvalue weighted by Crippen LogP contribution is 2.26. The molecule has 5 heteroatoms. The molecule has 1 aliphatic rings. The summed E-state index contributed by atoms with van der Waals surface area (Å²) < 4.78 is 5.20. The lowest BCUT2D eigenvalue weighted by molar-refractivity contribution is -0.110. The molecule has 0 saturated heterocycles. The van der Waals surface area contributed by atoms with E-state index in [1.807, 2.05) is 39.0 Å². The van der Waals surface area contributed by atoms with E-state index in [9.17, 15) is 9.59 Å². The summed E-state index contributed by atoms with van der Waals surface area (Å²) in [4.78, 5) is 28.5. The van der Waals surface area contributed by atoms with E-state index >= 15 is 0 Å². The minimum Gasteiger partial charge on any atom is -0.462 e. The Balaban J connectivity index is 1.82. The zero-order valence-corrected chi connectivity index (χ0v) is 14.5. The molecule has 0 aliphatic carbocycles. The Morgan fingerprint density at radius 3 is 2.56 bits per heavy atom. The fourth-order valence-corrected chi connectivity index (χ4v) is 2.50. The van der Waals surface area contributed by atoms with Gasteiger partial charge in [-0.1, -0.05) is 25.5 Å². The molecular formula is C20H20N2O3. The monoisotopic (exact) mass is 336 g/mol. The van der Waals surface area contributed by atoms with Gasteiger partial charge in [0.25, 0.3) is 5.91 Å². The van der Waals surface area contributed by atoms with Crippen LogP contribution in [0.25, 0.3) is 0 Å². The Bertz CT molecular complexity index is 852. The largest absolute Gasteiger partial charge is 0.462 e. The molecule has 0 atom stereocenters. The van der Waals surface area contributed by atoms with Gasteiger partial charge in [-0.15, -0.1) is 0 Å². The number of carbonyl (C=O) groups is 2. The number of aliphatic imine (C=N–C) groups is 1. The molecule has 0 unspecified atom stereocenters. The zero-order chi connectivity index (χ0) is 18.0. The van der Waals surface area contributed by atoms with Gasteiger partial charge in [0.2, 0.25) is 0 Å². The summed E-state index contributed by atoms with van der Waals surface area (Å²) >= 11 is 0. The number of hydrogen-bond donors (Lipinski definition) is 1. The molecule has 0 radical (unpaired) electrons. The molecule has 1 heterocycles. The molecule has 0 saturated carbocycles. The van der Waals surface area contributed by atoms with Gasteiger partial charge in [0.1, 0.15) is 5.71 Å². The average molecular weight is 336 g/mol. The zero-order valence-electron chi connectivity index (χ0n) is 14.5. The Labute approximate surface area is 146 Å². The van der Waals surface area contributed by atoms with E-state index in [1.165, 1.54) is 0 Å². The van der Waals surface area contributed by atoms with Crippen LogP contribution in [0.5, 0.6) is 0 Å². The van der Waals surface area contributed by atoms with Gasteiger partial charge in [-0.05, 0) is 49.2 Å². The number of esters is 1. The van der Waals surface area contributed by atoms with E-state index in [-0.39, 0.29) is 11.9 Å². The number of anilines is 1. The SMILES string of the molecule is Cc1ccc2c(c1)C(=Nc1ccc(C(=O)OCC(C)C)cc1)C(=O)N2. The fourth-order valence-electron chi connectivity index (χ4n) is 2.50. The first-order valence-electron chi connectivity index (χ1n) is 8.22. The van der Waals surface area contributed by atoms with E-state index in [0.29, 0.717) is 29.5 Å². The Morgan fingerprint density at radius 2 is 1.88 bits per heavy atom. The van der Waals surface area contributed by atoms with Crippen LogP contribution >= 0.6 is 0 Å². The number of rotatable bonds is 4. The second kappa shape index (κ2) is 6.89. The van der Waals surface area contributed by atoms with Gasteiger partial charge in [-0.25, -0.2) is 9.79 Å². The van der Waals surface area contributed by atoms with Crippen LogP contribution in [-0.2, 0) is 9.53 Å². The lowest BCUT2D eigenvalue weighted by atomic mass is 10.1.